The third-order valence-electron chi connectivity index (χ3n) is 16.1. The number of carbonyl (C=O) groups is 2. The molecule has 9 nitrogen and oxygen atoms in total. The number of hydrogen-bond donors (Lipinski definition) is 1. The Labute approximate surface area is 309 Å². The molecule has 1 N–H and O–H groups in total. The van der Waals surface area contributed by atoms with Crippen LogP contribution in [0.2, 0.25) is 0 Å². The summed E-state index contributed by atoms with van der Waals surface area (Å²) in [6.45, 7) is 24.1. The zero-order chi connectivity index (χ0) is 36.2. The molecule has 5 aliphatic carbocycles. The molecule has 7 aliphatic rings. The monoisotopic (exact) mass is 717 g/mol. The zero-order valence-electron chi connectivity index (χ0n) is 33.1. The number of nitrogens with zero attached hydrogens (tertiary/aromatic N) is 1. The van der Waals surface area contributed by atoms with Crippen LogP contribution in [0.1, 0.15) is 134 Å². The summed E-state index contributed by atoms with van der Waals surface area (Å²) in [6, 6.07) is 0. The lowest BCUT2D eigenvalue weighted by Crippen LogP contribution is -2.59. The molecular formula is C42H72N2O7. The largest absolute Gasteiger partial charge is 0.444 e. The lowest BCUT2D eigenvalue weighted by molar-refractivity contribution is -0.245. The highest BCUT2D eigenvalue weighted by molar-refractivity contribution is 5.68. The normalized spacial score (nSPS) is 45.8. The standard InChI is InChI=1S/C41H68N2O7.CH4/c1-24(2)33(49-34(44)42-11)26-20-25(3)32-27(47-26)21-39(10)29-13-12-28-37(7,8)30(14-15-40(28)23-41(29,40)17-16-38(32,39)9)48-31-22-43(18-19-46-31)35(45)50-36(4,5)6;/h24-33H,12-23H2,1-11H3,(H,42,44);1H4/t25-,26?,27?,28?,29?,30+,31?,32+,33-,38-,39+,40-,41+;/m1./s1. The molecule has 51 heavy (non-hydrogen) atoms. The van der Waals surface area contributed by atoms with Crippen molar-refractivity contribution in [1.29, 1.82) is 0 Å². The van der Waals surface area contributed by atoms with Gasteiger partial charge in [-0.2, -0.15) is 0 Å². The number of amides is 2. The molecule has 0 radical (unpaired) electrons. The molecule has 5 saturated carbocycles. The van der Waals surface area contributed by atoms with Crippen molar-refractivity contribution in [2.24, 2.45) is 56.7 Å². The van der Waals surface area contributed by atoms with Crippen LogP contribution in [0, 0.1) is 56.7 Å². The SMILES string of the molecule is C.CNC(=O)O[C@H](C(C)C)C1C[C@@H](C)[C@H]2C(C[C@@]3(C)C4CCC5C(C)(C)[C@@H](OC6CN(C(=O)OC(C)(C)C)CCO6)CC[C@@]56C[C@@]46CC[C@]23C)O1. The van der Waals surface area contributed by atoms with Crippen LogP contribution in [-0.2, 0) is 23.7 Å². The van der Waals surface area contributed by atoms with E-state index in [1.807, 2.05) is 20.8 Å². The third kappa shape index (κ3) is 5.95. The van der Waals surface area contributed by atoms with Gasteiger partial charge >= 0.3 is 12.2 Å². The quantitative estimate of drug-likeness (QED) is 0.304. The molecule has 0 aromatic carbocycles. The van der Waals surface area contributed by atoms with E-state index < -0.39 is 11.9 Å². The van der Waals surface area contributed by atoms with Gasteiger partial charge in [-0.1, -0.05) is 55.9 Å². The van der Waals surface area contributed by atoms with E-state index in [-0.39, 0.29) is 66.2 Å². The van der Waals surface area contributed by atoms with Crippen LogP contribution in [0.4, 0.5) is 9.59 Å². The number of nitrogens with one attached hydrogen (secondary N) is 1. The first-order valence-corrected chi connectivity index (χ1v) is 20.1. The molecule has 9 heteroatoms. The predicted molar refractivity (Wildman–Crippen MR) is 198 cm³/mol. The van der Waals surface area contributed by atoms with Crippen molar-refractivity contribution in [3.63, 3.8) is 0 Å². The molecule has 2 amide bonds. The summed E-state index contributed by atoms with van der Waals surface area (Å²) in [6.07, 6.45) is 9.82. The van der Waals surface area contributed by atoms with E-state index in [9.17, 15) is 9.59 Å². The lowest BCUT2D eigenvalue weighted by atomic mass is 9.41. The average molecular weight is 717 g/mol. The molecule has 7 fully saturated rings. The van der Waals surface area contributed by atoms with Crippen LogP contribution in [0.3, 0.4) is 0 Å². The first-order chi connectivity index (χ1) is 23.3. The van der Waals surface area contributed by atoms with E-state index in [4.69, 9.17) is 23.7 Å². The third-order valence-corrected chi connectivity index (χ3v) is 16.1. The maximum absolute atomic E-state index is 12.9. The van der Waals surface area contributed by atoms with Gasteiger partial charge in [-0.25, -0.2) is 9.59 Å². The van der Waals surface area contributed by atoms with Crippen molar-refractivity contribution in [2.75, 3.05) is 26.7 Å². The van der Waals surface area contributed by atoms with Crippen LogP contribution in [0.5, 0.6) is 0 Å². The molecule has 5 unspecified atom stereocenters. The molecule has 13 atom stereocenters. The van der Waals surface area contributed by atoms with E-state index in [1.54, 1.807) is 11.9 Å². The van der Waals surface area contributed by atoms with E-state index >= 15 is 0 Å². The Bertz CT molecular complexity index is 1330. The maximum Gasteiger partial charge on any atom is 0.410 e. The Balaban J connectivity index is 0.00000448. The first-order valence-electron chi connectivity index (χ1n) is 20.1. The maximum atomic E-state index is 12.9. The summed E-state index contributed by atoms with van der Waals surface area (Å²) in [4.78, 5) is 26.9. The van der Waals surface area contributed by atoms with Gasteiger partial charge in [0.25, 0.3) is 0 Å². The molecule has 0 aromatic heterocycles. The van der Waals surface area contributed by atoms with Gasteiger partial charge in [-0.15, -0.1) is 0 Å². The van der Waals surface area contributed by atoms with Crippen LogP contribution >= 0.6 is 0 Å². The van der Waals surface area contributed by atoms with Crippen LogP contribution in [0.15, 0.2) is 0 Å². The summed E-state index contributed by atoms with van der Waals surface area (Å²) in [5.74, 6) is 2.60. The Kier molecular flexibility index (Phi) is 9.99. The number of fused-ring (bicyclic) bond motifs is 4. The Hall–Kier alpha value is -1.58. The van der Waals surface area contributed by atoms with Gasteiger partial charge in [0.1, 0.15) is 11.7 Å². The minimum absolute atomic E-state index is 0. The molecule has 2 spiro atoms. The van der Waals surface area contributed by atoms with Gasteiger partial charge < -0.3 is 33.9 Å². The number of carbonyl (C=O) groups excluding carboxylic acids is 2. The Morgan fingerprint density at radius 3 is 2.31 bits per heavy atom. The molecule has 2 saturated heterocycles. The summed E-state index contributed by atoms with van der Waals surface area (Å²) in [5, 5.41) is 2.65. The van der Waals surface area contributed by atoms with Crippen molar-refractivity contribution in [3.05, 3.63) is 0 Å². The molecule has 0 aromatic rings. The minimum atomic E-state index is -0.526. The van der Waals surface area contributed by atoms with Crippen molar-refractivity contribution >= 4 is 12.2 Å². The second kappa shape index (κ2) is 13.0. The van der Waals surface area contributed by atoms with E-state index in [0.29, 0.717) is 54.2 Å². The van der Waals surface area contributed by atoms with Crippen LogP contribution < -0.4 is 5.32 Å². The number of hydrogen-bond acceptors (Lipinski definition) is 7. The molecule has 2 heterocycles. The second-order valence-corrected chi connectivity index (χ2v) is 20.2. The smallest absolute Gasteiger partial charge is 0.410 e. The predicted octanol–water partition coefficient (Wildman–Crippen LogP) is 8.82. The van der Waals surface area contributed by atoms with E-state index in [1.165, 1.54) is 38.5 Å². The first kappa shape index (κ1) is 39.1. The fourth-order valence-electron chi connectivity index (χ4n) is 14.0. The summed E-state index contributed by atoms with van der Waals surface area (Å²) in [7, 11) is 1.63. The van der Waals surface area contributed by atoms with E-state index in [0.717, 1.165) is 19.3 Å². The average Bonchev–Trinajstić information content (AvgIpc) is 3.63. The fourth-order valence-corrected chi connectivity index (χ4v) is 14.0. The topological polar surface area (TPSA) is 95.6 Å². The van der Waals surface area contributed by atoms with Gasteiger partial charge in [0.15, 0.2) is 6.29 Å². The van der Waals surface area contributed by atoms with Crippen molar-refractivity contribution < 1.29 is 33.3 Å². The highest BCUT2D eigenvalue weighted by atomic mass is 16.7. The second-order valence-electron chi connectivity index (χ2n) is 20.2. The van der Waals surface area contributed by atoms with Gasteiger partial charge in [-0.3, -0.25) is 0 Å². The van der Waals surface area contributed by atoms with Gasteiger partial charge in [-0.05, 0) is 135 Å². The minimum Gasteiger partial charge on any atom is -0.444 e. The van der Waals surface area contributed by atoms with Crippen molar-refractivity contribution in [3.8, 4) is 0 Å². The molecule has 292 valence electrons. The summed E-state index contributed by atoms with van der Waals surface area (Å²) < 4.78 is 31.7. The van der Waals surface area contributed by atoms with Crippen molar-refractivity contribution in [2.45, 2.75) is 171 Å². The Morgan fingerprint density at radius 2 is 1.65 bits per heavy atom. The number of rotatable bonds is 5. The fraction of sp³-hybridized carbons (Fsp3) is 0.952. The summed E-state index contributed by atoms with van der Waals surface area (Å²) >= 11 is 0. The molecule has 0 bridgehead atoms. The number of alkyl carbamates (subject to hydrolysis) is 1. The molecular weight excluding hydrogens is 644 g/mol. The molecule has 2 aliphatic heterocycles. The van der Waals surface area contributed by atoms with Crippen LogP contribution in [0.25, 0.3) is 0 Å². The van der Waals surface area contributed by atoms with Crippen LogP contribution in [-0.4, -0.2) is 80.1 Å². The highest BCUT2D eigenvalue weighted by Gasteiger charge is 2.83. The van der Waals surface area contributed by atoms with Gasteiger partial charge in [0.2, 0.25) is 0 Å². The number of ether oxygens (including phenoxy) is 5. The van der Waals surface area contributed by atoms with E-state index in [2.05, 4.69) is 53.8 Å². The number of morpholine rings is 1. The van der Waals surface area contributed by atoms with Gasteiger partial charge in [0.05, 0.1) is 31.5 Å². The van der Waals surface area contributed by atoms with Gasteiger partial charge in [0, 0.05) is 13.6 Å². The highest BCUT2D eigenvalue weighted by Crippen LogP contribution is 2.89. The molecule has 7 rings (SSSR count). The Morgan fingerprint density at radius 1 is 0.961 bits per heavy atom. The van der Waals surface area contributed by atoms with Crippen molar-refractivity contribution in [1.82, 2.24) is 10.2 Å². The summed E-state index contributed by atoms with van der Waals surface area (Å²) in [5.41, 5.74) is 0.787. The zero-order valence-corrected chi connectivity index (χ0v) is 33.1. The lowest BCUT2D eigenvalue weighted by Gasteiger charge is -2.63.